The summed E-state index contributed by atoms with van der Waals surface area (Å²) in [6.45, 7) is 2.99. The van der Waals surface area contributed by atoms with Gasteiger partial charge in [-0.1, -0.05) is 0 Å². The average molecular weight is 348 g/mol. The van der Waals surface area contributed by atoms with Gasteiger partial charge in [-0.2, -0.15) is 5.10 Å². The van der Waals surface area contributed by atoms with E-state index in [1.165, 1.54) is 10.9 Å². The molecule has 1 aliphatic rings. The fourth-order valence-electron chi connectivity index (χ4n) is 3.76. The van der Waals surface area contributed by atoms with E-state index in [2.05, 4.69) is 43.1 Å². The normalized spacial score (nSPS) is 16.5. The fourth-order valence-corrected chi connectivity index (χ4v) is 3.76. The number of furan rings is 1. The fraction of sp³-hybridized carbons (Fsp3) is 0.316. The Bertz CT molecular complexity index is 981. The Balaban J connectivity index is 1.35. The van der Waals surface area contributed by atoms with Crippen LogP contribution in [0.2, 0.25) is 0 Å². The lowest BCUT2D eigenvalue weighted by atomic mass is 10.0. The van der Waals surface area contributed by atoms with Crippen molar-refractivity contribution in [1.29, 1.82) is 0 Å². The number of nitrogens with zero attached hydrogens (tertiary/aromatic N) is 6. The van der Waals surface area contributed by atoms with E-state index < -0.39 is 0 Å². The highest BCUT2D eigenvalue weighted by Crippen LogP contribution is 2.28. The van der Waals surface area contributed by atoms with Gasteiger partial charge >= 0.3 is 0 Å². The third kappa shape index (κ3) is 2.80. The molecular formula is C19H20N6O. The van der Waals surface area contributed by atoms with E-state index >= 15 is 0 Å². The van der Waals surface area contributed by atoms with Crippen LogP contribution in [0.1, 0.15) is 24.6 Å². The first kappa shape index (κ1) is 15.3. The van der Waals surface area contributed by atoms with Gasteiger partial charge in [-0.3, -0.25) is 14.1 Å². The topological polar surface area (TPSA) is 64.9 Å². The van der Waals surface area contributed by atoms with Crippen molar-refractivity contribution < 1.29 is 4.42 Å². The lowest BCUT2D eigenvalue weighted by Gasteiger charge is -2.31. The minimum atomic E-state index is 0.427. The Morgan fingerprint density at radius 3 is 2.69 bits per heavy atom. The summed E-state index contributed by atoms with van der Waals surface area (Å²) >= 11 is 0. The highest BCUT2D eigenvalue weighted by Gasteiger charge is 2.23. The maximum atomic E-state index is 5.47. The van der Waals surface area contributed by atoms with Crippen molar-refractivity contribution in [3.8, 4) is 5.69 Å². The first-order valence-corrected chi connectivity index (χ1v) is 8.94. The Kier molecular flexibility index (Phi) is 3.79. The number of piperidine rings is 1. The molecule has 1 fully saturated rings. The summed E-state index contributed by atoms with van der Waals surface area (Å²) in [5, 5.41) is 13.6. The number of benzene rings is 1. The van der Waals surface area contributed by atoms with Gasteiger partial charge in [-0.15, -0.1) is 10.2 Å². The van der Waals surface area contributed by atoms with Gasteiger partial charge in [0.15, 0.2) is 0 Å². The lowest BCUT2D eigenvalue weighted by Crippen LogP contribution is -2.34. The molecule has 0 unspecified atom stereocenters. The molecule has 0 bridgehead atoms. The number of fused-ring (bicyclic) bond motifs is 1. The average Bonchev–Trinajstić information content (AvgIpc) is 3.43. The first-order chi connectivity index (χ1) is 12.9. The molecule has 1 saturated heterocycles. The van der Waals surface area contributed by atoms with E-state index in [0.29, 0.717) is 6.04 Å². The number of rotatable bonds is 4. The summed E-state index contributed by atoms with van der Waals surface area (Å²) in [4.78, 5) is 2.45. The van der Waals surface area contributed by atoms with Gasteiger partial charge in [0, 0.05) is 18.5 Å². The zero-order valence-corrected chi connectivity index (χ0v) is 14.4. The molecule has 132 valence electrons. The van der Waals surface area contributed by atoms with E-state index in [1.807, 2.05) is 22.9 Å². The van der Waals surface area contributed by atoms with Crippen LogP contribution in [0.4, 0.5) is 0 Å². The maximum Gasteiger partial charge on any atom is 0.123 e. The predicted molar refractivity (Wildman–Crippen MR) is 96.9 cm³/mol. The number of likely N-dealkylation sites (tertiary alicyclic amines) is 1. The second-order valence-electron chi connectivity index (χ2n) is 6.79. The smallest absolute Gasteiger partial charge is 0.123 e. The molecule has 0 atom stereocenters. The van der Waals surface area contributed by atoms with Crippen LogP contribution in [0.5, 0.6) is 0 Å². The molecule has 0 amide bonds. The highest BCUT2D eigenvalue weighted by atomic mass is 16.3. The van der Waals surface area contributed by atoms with Crippen LogP contribution in [0, 0.1) is 0 Å². The summed E-state index contributed by atoms with van der Waals surface area (Å²) in [7, 11) is 0. The van der Waals surface area contributed by atoms with E-state index in [4.69, 9.17) is 4.42 Å². The Labute approximate surface area is 150 Å². The Morgan fingerprint density at radius 1 is 1.08 bits per heavy atom. The lowest BCUT2D eigenvalue weighted by molar-refractivity contribution is 0.165. The molecule has 0 saturated carbocycles. The van der Waals surface area contributed by atoms with Crippen LogP contribution in [0.25, 0.3) is 16.6 Å². The van der Waals surface area contributed by atoms with Crippen LogP contribution in [0.3, 0.4) is 0 Å². The summed E-state index contributed by atoms with van der Waals surface area (Å²) < 4.78 is 9.58. The zero-order valence-electron chi connectivity index (χ0n) is 14.4. The third-order valence-electron chi connectivity index (χ3n) is 5.16. The van der Waals surface area contributed by atoms with Crippen LogP contribution in [-0.2, 0) is 6.54 Å². The summed E-state index contributed by atoms with van der Waals surface area (Å²) in [5.74, 6) is 1.03. The quantitative estimate of drug-likeness (QED) is 0.567. The molecular weight excluding hydrogens is 328 g/mol. The van der Waals surface area contributed by atoms with Crippen molar-refractivity contribution >= 4 is 10.9 Å². The van der Waals surface area contributed by atoms with Crippen molar-refractivity contribution in [2.75, 3.05) is 13.1 Å². The molecule has 26 heavy (non-hydrogen) atoms. The molecule has 0 radical (unpaired) electrons. The summed E-state index contributed by atoms with van der Waals surface area (Å²) in [6.07, 6.45) is 9.32. The summed E-state index contributed by atoms with van der Waals surface area (Å²) in [6, 6.07) is 10.8. The van der Waals surface area contributed by atoms with Crippen molar-refractivity contribution in [2.24, 2.45) is 0 Å². The molecule has 0 N–H and O–H groups in total. The van der Waals surface area contributed by atoms with Gasteiger partial charge in [0.1, 0.15) is 18.4 Å². The van der Waals surface area contributed by atoms with Gasteiger partial charge in [0.25, 0.3) is 0 Å². The minimum absolute atomic E-state index is 0.427. The molecule has 7 heteroatoms. The zero-order chi connectivity index (χ0) is 17.3. The van der Waals surface area contributed by atoms with Gasteiger partial charge in [0.05, 0.1) is 36.3 Å². The number of hydrogen-bond donors (Lipinski definition) is 0. The largest absolute Gasteiger partial charge is 0.468 e. The highest BCUT2D eigenvalue weighted by molar-refractivity contribution is 5.81. The van der Waals surface area contributed by atoms with Crippen molar-refractivity contribution in [3.05, 3.63) is 61.2 Å². The van der Waals surface area contributed by atoms with Gasteiger partial charge < -0.3 is 4.42 Å². The molecule has 4 heterocycles. The van der Waals surface area contributed by atoms with E-state index in [0.717, 1.165) is 43.9 Å². The molecule has 7 nitrogen and oxygen atoms in total. The van der Waals surface area contributed by atoms with Crippen LogP contribution in [0.15, 0.2) is 59.9 Å². The van der Waals surface area contributed by atoms with Crippen molar-refractivity contribution in [2.45, 2.75) is 25.4 Å². The van der Waals surface area contributed by atoms with Gasteiger partial charge in [-0.25, -0.2) is 0 Å². The van der Waals surface area contributed by atoms with Crippen LogP contribution in [-0.4, -0.2) is 42.5 Å². The molecule has 5 rings (SSSR count). The molecule has 4 aromatic rings. The summed E-state index contributed by atoms with van der Waals surface area (Å²) in [5.41, 5.74) is 2.22. The monoisotopic (exact) mass is 348 g/mol. The molecule has 0 aliphatic carbocycles. The minimum Gasteiger partial charge on any atom is -0.468 e. The van der Waals surface area contributed by atoms with Crippen molar-refractivity contribution in [3.63, 3.8) is 0 Å². The van der Waals surface area contributed by atoms with E-state index in [1.54, 1.807) is 18.9 Å². The molecule has 3 aromatic heterocycles. The van der Waals surface area contributed by atoms with E-state index in [9.17, 15) is 0 Å². The van der Waals surface area contributed by atoms with E-state index in [-0.39, 0.29) is 0 Å². The third-order valence-corrected chi connectivity index (χ3v) is 5.16. The first-order valence-electron chi connectivity index (χ1n) is 8.94. The van der Waals surface area contributed by atoms with Gasteiger partial charge in [0.2, 0.25) is 0 Å². The molecule has 1 aromatic carbocycles. The second-order valence-corrected chi connectivity index (χ2v) is 6.79. The van der Waals surface area contributed by atoms with Crippen LogP contribution < -0.4 is 0 Å². The van der Waals surface area contributed by atoms with Crippen molar-refractivity contribution in [1.82, 2.24) is 29.4 Å². The number of hydrogen-bond acceptors (Lipinski definition) is 5. The standard InChI is InChI=1S/C19H20N6O/c1-2-18(26-9-1)12-23-7-5-16(6-8-23)25-19-10-17(24-13-20-21-14-24)4-3-15(19)11-22-25/h1-4,9-11,13-14,16H,5-8,12H2. The second kappa shape index (κ2) is 6.42. The number of aromatic nitrogens is 5. The van der Waals surface area contributed by atoms with Crippen LogP contribution >= 0.6 is 0 Å². The predicted octanol–water partition coefficient (Wildman–Crippen LogP) is 3.05. The maximum absolute atomic E-state index is 5.47. The Morgan fingerprint density at radius 2 is 1.92 bits per heavy atom. The molecule has 0 spiro atoms. The Hall–Kier alpha value is -2.93. The van der Waals surface area contributed by atoms with Gasteiger partial charge in [-0.05, 0) is 43.2 Å². The molecule has 1 aliphatic heterocycles. The SMILES string of the molecule is c1coc(CN2CCC(n3ncc4ccc(-n5cnnc5)cc43)CC2)c1.